The van der Waals surface area contributed by atoms with Gasteiger partial charge in [-0.05, 0) is 33.7 Å². The van der Waals surface area contributed by atoms with E-state index in [0.29, 0.717) is 6.54 Å². The van der Waals surface area contributed by atoms with Crippen LogP contribution in [0.1, 0.15) is 26.7 Å². The molecule has 1 atom stereocenters. The van der Waals surface area contributed by atoms with Crippen LogP contribution in [0.4, 0.5) is 0 Å². The first-order valence-corrected chi connectivity index (χ1v) is 7.84. The van der Waals surface area contributed by atoms with Crippen molar-refractivity contribution in [3.8, 4) is 0 Å². The summed E-state index contributed by atoms with van der Waals surface area (Å²) in [5, 5.41) is 3.05. The standard InChI is InChI=1S/C11H24N2O3S/c1-10(2)16-7-8-17(14,15)13-6-4-5-11(13)9-12-3/h10-12H,4-9H2,1-3H3. The van der Waals surface area contributed by atoms with Crippen molar-refractivity contribution in [3.63, 3.8) is 0 Å². The van der Waals surface area contributed by atoms with Gasteiger partial charge < -0.3 is 10.1 Å². The van der Waals surface area contributed by atoms with E-state index in [1.54, 1.807) is 4.31 Å². The Morgan fingerprint density at radius 3 is 2.76 bits per heavy atom. The van der Waals surface area contributed by atoms with Gasteiger partial charge in [0.15, 0.2) is 0 Å². The summed E-state index contributed by atoms with van der Waals surface area (Å²) in [7, 11) is -1.31. The molecule has 0 aromatic carbocycles. The van der Waals surface area contributed by atoms with Crippen LogP contribution in [-0.2, 0) is 14.8 Å². The van der Waals surface area contributed by atoms with Crippen molar-refractivity contribution in [2.24, 2.45) is 0 Å². The van der Waals surface area contributed by atoms with Crippen LogP contribution < -0.4 is 5.32 Å². The Hall–Kier alpha value is -0.170. The number of hydrogen-bond acceptors (Lipinski definition) is 4. The predicted octanol–water partition coefficient (Wildman–Crippen LogP) is 0.425. The Labute approximate surface area is 105 Å². The van der Waals surface area contributed by atoms with Gasteiger partial charge in [-0.15, -0.1) is 0 Å². The Kier molecular flexibility index (Phi) is 5.85. The summed E-state index contributed by atoms with van der Waals surface area (Å²) in [5.74, 6) is 0.0887. The van der Waals surface area contributed by atoms with Crippen molar-refractivity contribution >= 4 is 10.0 Å². The molecule has 0 bridgehead atoms. The molecule has 0 radical (unpaired) electrons. The third kappa shape index (κ3) is 4.54. The maximum Gasteiger partial charge on any atom is 0.216 e. The van der Waals surface area contributed by atoms with Gasteiger partial charge in [0.2, 0.25) is 10.0 Å². The summed E-state index contributed by atoms with van der Waals surface area (Å²) in [5.41, 5.74) is 0. The van der Waals surface area contributed by atoms with Crippen LogP contribution in [0.3, 0.4) is 0 Å². The molecular formula is C11H24N2O3S. The van der Waals surface area contributed by atoms with Gasteiger partial charge in [-0.2, -0.15) is 4.31 Å². The second-order valence-electron chi connectivity index (χ2n) is 4.70. The molecule has 1 fully saturated rings. The van der Waals surface area contributed by atoms with Gasteiger partial charge in [0.25, 0.3) is 0 Å². The molecule has 0 amide bonds. The molecule has 1 unspecified atom stereocenters. The van der Waals surface area contributed by atoms with E-state index in [1.807, 2.05) is 20.9 Å². The van der Waals surface area contributed by atoms with Crippen LogP contribution >= 0.6 is 0 Å². The van der Waals surface area contributed by atoms with Crippen LogP contribution in [0.15, 0.2) is 0 Å². The number of likely N-dealkylation sites (N-methyl/N-ethyl adjacent to an activating group) is 1. The summed E-state index contributed by atoms with van der Waals surface area (Å²) >= 11 is 0. The van der Waals surface area contributed by atoms with Gasteiger partial charge in [0.1, 0.15) is 0 Å². The van der Waals surface area contributed by atoms with Crippen molar-refractivity contribution in [1.29, 1.82) is 0 Å². The average molecular weight is 264 g/mol. The molecule has 0 saturated carbocycles. The van der Waals surface area contributed by atoms with Crippen molar-refractivity contribution in [1.82, 2.24) is 9.62 Å². The fraction of sp³-hybridized carbons (Fsp3) is 1.00. The lowest BCUT2D eigenvalue weighted by atomic mass is 10.2. The molecule has 102 valence electrons. The molecule has 1 heterocycles. The Bertz CT molecular complexity index is 317. The topological polar surface area (TPSA) is 58.6 Å². The first-order valence-electron chi connectivity index (χ1n) is 6.23. The fourth-order valence-corrected chi connectivity index (χ4v) is 3.70. The summed E-state index contributed by atoms with van der Waals surface area (Å²) in [4.78, 5) is 0. The largest absolute Gasteiger partial charge is 0.378 e. The highest BCUT2D eigenvalue weighted by Gasteiger charge is 2.33. The van der Waals surface area contributed by atoms with E-state index in [2.05, 4.69) is 5.32 Å². The summed E-state index contributed by atoms with van der Waals surface area (Å²) in [6.07, 6.45) is 1.98. The van der Waals surface area contributed by atoms with Gasteiger partial charge in [-0.25, -0.2) is 8.42 Å². The number of nitrogens with one attached hydrogen (secondary N) is 1. The number of rotatable bonds is 7. The van der Waals surface area contributed by atoms with Crippen molar-refractivity contribution in [3.05, 3.63) is 0 Å². The van der Waals surface area contributed by atoms with E-state index < -0.39 is 10.0 Å². The molecule has 0 aromatic heterocycles. The quantitative estimate of drug-likeness (QED) is 0.724. The minimum absolute atomic E-state index is 0.0804. The molecule has 0 aliphatic carbocycles. The lowest BCUT2D eigenvalue weighted by Crippen LogP contribution is -2.42. The third-order valence-electron chi connectivity index (χ3n) is 2.91. The maximum atomic E-state index is 12.1. The molecule has 0 aromatic rings. The highest BCUT2D eigenvalue weighted by atomic mass is 32.2. The van der Waals surface area contributed by atoms with Gasteiger partial charge in [-0.3, -0.25) is 0 Å². The van der Waals surface area contributed by atoms with E-state index >= 15 is 0 Å². The Morgan fingerprint density at radius 1 is 1.47 bits per heavy atom. The van der Waals surface area contributed by atoms with Gasteiger partial charge in [0.05, 0.1) is 18.5 Å². The number of nitrogens with zero attached hydrogens (tertiary/aromatic N) is 1. The zero-order valence-electron chi connectivity index (χ0n) is 11.0. The fourth-order valence-electron chi connectivity index (χ4n) is 2.12. The molecule has 17 heavy (non-hydrogen) atoms. The average Bonchev–Trinajstić information content (AvgIpc) is 2.66. The van der Waals surface area contributed by atoms with Gasteiger partial charge in [0, 0.05) is 19.1 Å². The van der Waals surface area contributed by atoms with E-state index in [-0.39, 0.29) is 24.5 Å². The van der Waals surface area contributed by atoms with Crippen molar-refractivity contribution in [2.45, 2.75) is 38.8 Å². The third-order valence-corrected chi connectivity index (χ3v) is 4.79. The molecule has 6 heteroatoms. The Morgan fingerprint density at radius 2 is 2.18 bits per heavy atom. The minimum atomic E-state index is -3.16. The van der Waals surface area contributed by atoms with Crippen molar-refractivity contribution < 1.29 is 13.2 Å². The number of ether oxygens (including phenoxy) is 1. The molecule has 5 nitrogen and oxygen atoms in total. The van der Waals surface area contributed by atoms with E-state index in [1.165, 1.54) is 0 Å². The zero-order chi connectivity index (χ0) is 12.9. The summed E-state index contributed by atoms with van der Waals surface area (Å²) in [6.45, 7) is 5.47. The highest BCUT2D eigenvalue weighted by Crippen LogP contribution is 2.20. The molecule has 1 N–H and O–H groups in total. The van der Waals surface area contributed by atoms with Gasteiger partial charge >= 0.3 is 0 Å². The van der Waals surface area contributed by atoms with Crippen molar-refractivity contribution in [2.75, 3.05) is 32.5 Å². The van der Waals surface area contributed by atoms with Crippen LogP contribution in [-0.4, -0.2) is 57.4 Å². The smallest absolute Gasteiger partial charge is 0.216 e. The van der Waals surface area contributed by atoms with Crippen LogP contribution in [0.2, 0.25) is 0 Å². The van der Waals surface area contributed by atoms with Crippen LogP contribution in [0, 0.1) is 0 Å². The predicted molar refractivity (Wildman–Crippen MR) is 68.5 cm³/mol. The molecular weight excluding hydrogens is 240 g/mol. The van der Waals surface area contributed by atoms with Gasteiger partial charge in [-0.1, -0.05) is 0 Å². The number of sulfonamides is 1. The molecule has 1 saturated heterocycles. The second kappa shape index (κ2) is 6.68. The summed E-state index contributed by atoms with van der Waals surface area (Å²) in [6, 6.07) is 0.115. The van der Waals surface area contributed by atoms with E-state index in [4.69, 9.17) is 4.74 Å². The summed E-state index contributed by atoms with van der Waals surface area (Å²) < 4.78 is 31.2. The lowest BCUT2D eigenvalue weighted by Gasteiger charge is -2.24. The monoisotopic (exact) mass is 264 g/mol. The van der Waals surface area contributed by atoms with Crippen LogP contribution in [0.25, 0.3) is 0 Å². The zero-order valence-corrected chi connectivity index (χ0v) is 11.8. The minimum Gasteiger partial charge on any atom is -0.378 e. The lowest BCUT2D eigenvalue weighted by molar-refractivity contribution is 0.0906. The number of hydrogen-bond donors (Lipinski definition) is 1. The van der Waals surface area contributed by atoms with E-state index in [0.717, 1.165) is 19.4 Å². The normalized spacial score (nSPS) is 22.5. The molecule has 0 spiro atoms. The SMILES string of the molecule is CNCC1CCCN1S(=O)(=O)CCOC(C)C. The van der Waals surface area contributed by atoms with E-state index in [9.17, 15) is 8.42 Å². The maximum absolute atomic E-state index is 12.1. The van der Waals surface area contributed by atoms with Crippen LogP contribution in [0.5, 0.6) is 0 Å². The second-order valence-corrected chi connectivity index (χ2v) is 6.74. The molecule has 1 aliphatic rings. The Balaban J connectivity index is 2.50. The molecule has 1 aliphatic heterocycles. The highest BCUT2D eigenvalue weighted by molar-refractivity contribution is 7.89. The first kappa shape index (κ1) is 14.9. The first-order chi connectivity index (χ1) is 7.97. The molecule has 1 rings (SSSR count).